The van der Waals surface area contributed by atoms with Crippen molar-refractivity contribution >= 4 is 21.6 Å². The lowest BCUT2D eigenvalue weighted by Crippen LogP contribution is -2.08. The zero-order valence-electron chi connectivity index (χ0n) is 10.3. The molecule has 0 saturated carbocycles. The maximum absolute atomic E-state index is 4.32. The van der Waals surface area contributed by atoms with E-state index in [2.05, 4.69) is 50.5 Å². The summed E-state index contributed by atoms with van der Waals surface area (Å²) in [6.07, 6.45) is 4.11. The maximum Gasteiger partial charge on any atom is 0.0603 e. The van der Waals surface area contributed by atoms with Gasteiger partial charge in [-0.3, -0.25) is 4.98 Å². The molecular weight excluding hydrogens is 288 g/mol. The maximum atomic E-state index is 4.32. The summed E-state index contributed by atoms with van der Waals surface area (Å²) in [5, 5.41) is 3.61. The summed E-state index contributed by atoms with van der Waals surface area (Å²) in [6.45, 7) is 2.04. The molecule has 2 aromatic rings. The molecule has 92 valence electrons. The fourth-order valence-electron chi connectivity index (χ4n) is 2.58. The summed E-state index contributed by atoms with van der Waals surface area (Å²) >= 11 is 3.63. The van der Waals surface area contributed by atoms with Crippen molar-refractivity contribution in [2.45, 2.75) is 25.8 Å². The molecule has 1 heterocycles. The molecular formula is C15H15BrN2. The summed E-state index contributed by atoms with van der Waals surface area (Å²) in [6, 6.07) is 10.9. The van der Waals surface area contributed by atoms with E-state index in [1.807, 2.05) is 19.2 Å². The summed E-state index contributed by atoms with van der Waals surface area (Å²) in [5.74, 6) is 0. The molecule has 1 aliphatic rings. The van der Waals surface area contributed by atoms with Gasteiger partial charge in [0.25, 0.3) is 0 Å². The minimum atomic E-state index is 0.403. The Labute approximate surface area is 116 Å². The van der Waals surface area contributed by atoms with Gasteiger partial charge in [-0.15, -0.1) is 0 Å². The average Bonchev–Trinajstić information content (AvgIpc) is 2.77. The van der Waals surface area contributed by atoms with Crippen molar-refractivity contribution in [2.24, 2.45) is 0 Å². The number of benzene rings is 1. The van der Waals surface area contributed by atoms with Gasteiger partial charge in [0.1, 0.15) is 0 Å². The topological polar surface area (TPSA) is 24.9 Å². The standard InChI is InChI=1S/C15H15BrN2/c1-10-14(6-3-9-17-10)18-15-8-7-11-12(15)4-2-5-13(11)16/h2-6,9,15,18H,7-8H2,1H3. The molecule has 0 aliphatic heterocycles. The Bertz CT molecular complexity index is 580. The number of hydrogen-bond acceptors (Lipinski definition) is 2. The van der Waals surface area contributed by atoms with Crippen molar-refractivity contribution in [3.05, 3.63) is 57.8 Å². The predicted octanol–water partition coefficient (Wildman–Crippen LogP) is 4.25. The summed E-state index contributed by atoms with van der Waals surface area (Å²) in [7, 11) is 0. The number of aryl methyl sites for hydroxylation is 1. The average molecular weight is 303 g/mol. The third-order valence-corrected chi connectivity index (χ3v) is 4.29. The van der Waals surface area contributed by atoms with E-state index >= 15 is 0 Å². The van der Waals surface area contributed by atoms with E-state index in [4.69, 9.17) is 0 Å². The number of halogens is 1. The van der Waals surface area contributed by atoms with Gasteiger partial charge in [0.2, 0.25) is 0 Å². The first-order valence-electron chi connectivity index (χ1n) is 6.21. The van der Waals surface area contributed by atoms with E-state index in [0.29, 0.717) is 6.04 Å². The Morgan fingerprint density at radius 3 is 3.00 bits per heavy atom. The lowest BCUT2D eigenvalue weighted by Gasteiger charge is -2.16. The molecule has 0 saturated heterocycles. The smallest absolute Gasteiger partial charge is 0.0603 e. The zero-order valence-corrected chi connectivity index (χ0v) is 11.9. The second-order valence-corrected chi connectivity index (χ2v) is 5.53. The molecule has 1 atom stereocenters. The van der Waals surface area contributed by atoms with Crippen LogP contribution < -0.4 is 5.32 Å². The normalized spacial score (nSPS) is 17.6. The molecule has 1 unspecified atom stereocenters. The number of aromatic nitrogens is 1. The Hall–Kier alpha value is -1.35. The number of nitrogens with zero attached hydrogens (tertiary/aromatic N) is 1. The predicted molar refractivity (Wildman–Crippen MR) is 77.8 cm³/mol. The van der Waals surface area contributed by atoms with Gasteiger partial charge in [-0.1, -0.05) is 28.1 Å². The minimum absolute atomic E-state index is 0.403. The van der Waals surface area contributed by atoms with E-state index < -0.39 is 0 Å². The van der Waals surface area contributed by atoms with Crippen molar-refractivity contribution in [3.63, 3.8) is 0 Å². The van der Waals surface area contributed by atoms with Crippen molar-refractivity contribution < 1.29 is 0 Å². The van der Waals surface area contributed by atoms with Gasteiger partial charge in [-0.25, -0.2) is 0 Å². The minimum Gasteiger partial charge on any atom is -0.377 e. The second-order valence-electron chi connectivity index (χ2n) is 4.68. The first-order valence-corrected chi connectivity index (χ1v) is 7.00. The number of pyridine rings is 1. The second kappa shape index (κ2) is 4.73. The Kier molecular flexibility index (Phi) is 3.08. The summed E-state index contributed by atoms with van der Waals surface area (Å²) < 4.78 is 1.23. The molecule has 1 aromatic heterocycles. The van der Waals surface area contributed by atoms with Crippen LogP contribution in [0, 0.1) is 6.92 Å². The third-order valence-electron chi connectivity index (χ3n) is 3.55. The monoisotopic (exact) mass is 302 g/mol. The largest absolute Gasteiger partial charge is 0.377 e. The highest BCUT2D eigenvalue weighted by Gasteiger charge is 2.24. The molecule has 18 heavy (non-hydrogen) atoms. The van der Waals surface area contributed by atoms with E-state index in [9.17, 15) is 0 Å². The Morgan fingerprint density at radius 2 is 2.17 bits per heavy atom. The highest BCUT2D eigenvalue weighted by molar-refractivity contribution is 9.10. The Morgan fingerprint density at radius 1 is 1.28 bits per heavy atom. The molecule has 0 fully saturated rings. The first kappa shape index (κ1) is 11.7. The van der Waals surface area contributed by atoms with E-state index in [1.165, 1.54) is 15.6 Å². The van der Waals surface area contributed by atoms with E-state index in [-0.39, 0.29) is 0 Å². The molecule has 0 amide bonds. The van der Waals surface area contributed by atoms with Crippen LogP contribution in [0.15, 0.2) is 41.0 Å². The van der Waals surface area contributed by atoms with Crippen molar-refractivity contribution in [3.8, 4) is 0 Å². The lowest BCUT2D eigenvalue weighted by molar-refractivity contribution is 0.760. The molecule has 3 rings (SSSR count). The van der Waals surface area contributed by atoms with Crippen molar-refractivity contribution in [1.82, 2.24) is 4.98 Å². The van der Waals surface area contributed by atoms with Gasteiger partial charge in [0.15, 0.2) is 0 Å². The number of nitrogens with one attached hydrogen (secondary N) is 1. The molecule has 1 aromatic carbocycles. The highest BCUT2D eigenvalue weighted by Crippen LogP contribution is 2.37. The van der Waals surface area contributed by atoms with Crippen LogP contribution >= 0.6 is 15.9 Å². The SMILES string of the molecule is Cc1ncccc1NC1CCc2c(Br)cccc21. The van der Waals surface area contributed by atoms with Crippen LogP contribution in [0.4, 0.5) is 5.69 Å². The first-order chi connectivity index (χ1) is 8.75. The molecule has 0 bridgehead atoms. The molecule has 1 N–H and O–H groups in total. The van der Waals surface area contributed by atoms with Crippen LogP contribution in [-0.4, -0.2) is 4.98 Å². The summed E-state index contributed by atoms with van der Waals surface area (Å²) in [4.78, 5) is 4.32. The fourth-order valence-corrected chi connectivity index (χ4v) is 3.16. The van der Waals surface area contributed by atoms with Gasteiger partial charge < -0.3 is 5.32 Å². The van der Waals surface area contributed by atoms with Crippen LogP contribution in [-0.2, 0) is 6.42 Å². The van der Waals surface area contributed by atoms with E-state index in [1.54, 1.807) is 0 Å². The number of rotatable bonds is 2. The Balaban J connectivity index is 1.90. The number of fused-ring (bicyclic) bond motifs is 1. The fraction of sp³-hybridized carbons (Fsp3) is 0.267. The molecule has 1 aliphatic carbocycles. The van der Waals surface area contributed by atoms with Crippen LogP contribution in [0.5, 0.6) is 0 Å². The molecule has 2 nitrogen and oxygen atoms in total. The van der Waals surface area contributed by atoms with Crippen LogP contribution in [0.1, 0.15) is 29.3 Å². The van der Waals surface area contributed by atoms with Gasteiger partial charge in [-0.2, -0.15) is 0 Å². The van der Waals surface area contributed by atoms with Crippen molar-refractivity contribution in [2.75, 3.05) is 5.32 Å². The van der Waals surface area contributed by atoms with Gasteiger partial charge >= 0.3 is 0 Å². The van der Waals surface area contributed by atoms with Crippen LogP contribution in [0.2, 0.25) is 0 Å². The van der Waals surface area contributed by atoms with E-state index in [0.717, 1.165) is 24.2 Å². The van der Waals surface area contributed by atoms with Crippen molar-refractivity contribution in [1.29, 1.82) is 0 Å². The summed E-state index contributed by atoms with van der Waals surface area (Å²) in [5.41, 5.74) is 5.04. The van der Waals surface area contributed by atoms with Gasteiger partial charge in [0, 0.05) is 10.7 Å². The number of hydrogen-bond donors (Lipinski definition) is 1. The van der Waals surface area contributed by atoms with Crippen LogP contribution in [0.3, 0.4) is 0 Å². The number of anilines is 1. The van der Waals surface area contributed by atoms with Crippen LogP contribution in [0.25, 0.3) is 0 Å². The lowest BCUT2D eigenvalue weighted by atomic mass is 10.1. The van der Waals surface area contributed by atoms with Gasteiger partial charge in [-0.05, 0) is 49.1 Å². The molecule has 0 spiro atoms. The molecule has 3 heteroatoms. The quantitative estimate of drug-likeness (QED) is 0.897. The zero-order chi connectivity index (χ0) is 12.5. The third kappa shape index (κ3) is 2.03. The highest BCUT2D eigenvalue weighted by atomic mass is 79.9. The van der Waals surface area contributed by atoms with Gasteiger partial charge in [0.05, 0.1) is 17.4 Å². The molecule has 0 radical (unpaired) electrons.